The summed E-state index contributed by atoms with van der Waals surface area (Å²) in [5.74, 6) is -0.600. The normalized spacial score (nSPS) is 15.0. The summed E-state index contributed by atoms with van der Waals surface area (Å²) >= 11 is 2.74. The van der Waals surface area contributed by atoms with E-state index in [1.165, 1.54) is 34.8 Å². The monoisotopic (exact) mass is 404 g/mol. The highest BCUT2D eigenvalue weighted by Gasteiger charge is 2.16. The molecule has 0 radical (unpaired) electrons. The number of carbonyl (C=O) groups excluding carboxylic acids is 1. The molecule has 27 heavy (non-hydrogen) atoms. The number of morpholine rings is 1. The SMILES string of the molecule is O=C(Nc1nc(CN2CCOCC2)cs1)c1csc(-c2ccc(F)cc2)n1. The molecule has 3 aromatic rings. The van der Waals surface area contributed by atoms with E-state index in [2.05, 4.69) is 20.2 Å². The quantitative estimate of drug-likeness (QED) is 0.705. The Morgan fingerprint density at radius 3 is 2.70 bits per heavy atom. The molecule has 0 saturated carbocycles. The highest BCUT2D eigenvalue weighted by Crippen LogP contribution is 2.25. The third kappa shape index (κ3) is 4.56. The third-order valence-electron chi connectivity index (χ3n) is 4.09. The van der Waals surface area contributed by atoms with Gasteiger partial charge < -0.3 is 4.74 Å². The summed E-state index contributed by atoms with van der Waals surface area (Å²) in [6.45, 7) is 4.03. The van der Waals surface area contributed by atoms with E-state index in [-0.39, 0.29) is 11.7 Å². The molecule has 1 amide bonds. The molecular formula is C18H17FN4O2S2. The topological polar surface area (TPSA) is 67.4 Å². The zero-order valence-corrected chi connectivity index (χ0v) is 16.0. The van der Waals surface area contributed by atoms with E-state index < -0.39 is 0 Å². The lowest BCUT2D eigenvalue weighted by Gasteiger charge is -2.25. The van der Waals surface area contributed by atoms with Gasteiger partial charge in [0, 0.05) is 36.0 Å². The van der Waals surface area contributed by atoms with E-state index in [4.69, 9.17) is 4.74 Å². The number of carbonyl (C=O) groups is 1. The van der Waals surface area contributed by atoms with Gasteiger partial charge in [0.15, 0.2) is 5.13 Å². The fourth-order valence-corrected chi connectivity index (χ4v) is 4.19. The van der Waals surface area contributed by atoms with Crippen molar-refractivity contribution in [3.8, 4) is 10.6 Å². The van der Waals surface area contributed by atoms with Crippen LogP contribution in [0.15, 0.2) is 35.0 Å². The molecular weight excluding hydrogens is 387 g/mol. The summed E-state index contributed by atoms with van der Waals surface area (Å²) in [6, 6.07) is 6.05. The maximum atomic E-state index is 13.0. The van der Waals surface area contributed by atoms with Gasteiger partial charge in [-0.05, 0) is 24.3 Å². The van der Waals surface area contributed by atoms with E-state index in [0.29, 0.717) is 15.8 Å². The number of nitrogens with one attached hydrogen (secondary N) is 1. The smallest absolute Gasteiger partial charge is 0.276 e. The zero-order valence-electron chi connectivity index (χ0n) is 14.4. The van der Waals surface area contributed by atoms with Crippen LogP contribution in [0, 0.1) is 5.82 Å². The molecule has 1 fully saturated rings. The maximum absolute atomic E-state index is 13.0. The summed E-state index contributed by atoms with van der Waals surface area (Å²) in [4.78, 5) is 23.5. The lowest BCUT2D eigenvalue weighted by Crippen LogP contribution is -2.35. The van der Waals surface area contributed by atoms with Crippen LogP contribution in [0.25, 0.3) is 10.6 Å². The zero-order chi connectivity index (χ0) is 18.6. The van der Waals surface area contributed by atoms with Crippen LogP contribution in [-0.4, -0.2) is 47.1 Å². The molecule has 1 aromatic carbocycles. The number of rotatable bonds is 5. The van der Waals surface area contributed by atoms with Crippen molar-refractivity contribution in [1.82, 2.24) is 14.9 Å². The van der Waals surface area contributed by atoms with Crippen molar-refractivity contribution in [3.05, 3.63) is 52.2 Å². The largest absolute Gasteiger partial charge is 0.379 e. The molecule has 0 bridgehead atoms. The summed E-state index contributed by atoms with van der Waals surface area (Å²) in [7, 11) is 0. The standard InChI is InChI=1S/C18H17FN4O2S2/c19-13-3-1-12(2-4-13)17-21-15(11-26-17)16(24)22-18-20-14(10-27-18)9-23-5-7-25-8-6-23/h1-4,10-11H,5-9H2,(H,20,22,24). The number of hydrogen-bond donors (Lipinski definition) is 1. The Morgan fingerprint density at radius 1 is 1.15 bits per heavy atom. The molecule has 1 aliphatic rings. The van der Waals surface area contributed by atoms with Crippen molar-refractivity contribution in [2.45, 2.75) is 6.54 Å². The Hall–Kier alpha value is -2.20. The lowest BCUT2D eigenvalue weighted by molar-refractivity contribution is 0.0337. The maximum Gasteiger partial charge on any atom is 0.276 e. The number of hydrogen-bond acceptors (Lipinski definition) is 7. The number of benzene rings is 1. The number of halogens is 1. The van der Waals surface area contributed by atoms with Gasteiger partial charge in [-0.2, -0.15) is 0 Å². The van der Waals surface area contributed by atoms with E-state index in [0.717, 1.165) is 44.1 Å². The van der Waals surface area contributed by atoms with Gasteiger partial charge in [-0.15, -0.1) is 22.7 Å². The van der Waals surface area contributed by atoms with Crippen molar-refractivity contribution in [2.75, 3.05) is 31.6 Å². The summed E-state index contributed by atoms with van der Waals surface area (Å²) < 4.78 is 18.4. The van der Waals surface area contributed by atoms with Crippen LogP contribution in [0.1, 0.15) is 16.2 Å². The number of amides is 1. The first-order valence-corrected chi connectivity index (χ1v) is 10.2. The summed E-state index contributed by atoms with van der Waals surface area (Å²) in [5.41, 5.74) is 2.04. The predicted molar refractivity (Wildman–Crippen MR) is 104 cm³/mol. The Kier molecular flexibility index (Phi) is 5.53. The average Bonchev–Trinajstić information content (AvgIpc) is 3.33. The van der Waals surface area contributed by atoms with Gasteiger partial charge >= 0.3 is 0 Å². The molecule has 1 N–H and O–H groups in total. The third-order valence-corrected chi connectivity index (χ3v) is 5.79. The molecule has 0 unspecified atom stereocenters. The molecule has 140 valence electrons. The Bertz CT molecular complexity index is 920. The molecule has 0 spiro atoms. The minimum Gasteiger partial charge on any atom is -0.379 e. The van der Waals surface area contributed by atoms with Gasteiger partial charge in [0.1, 0.15) is 16.5 Å². The minimum atomic E-state index is -0.301. The summed E-state index contributed by atoms with van der Waals surface area (Å²) in [5, 5.41) is 7.67. The van der Waals surface area contributed by atoms with Crippen LogP contribution in [0.5, 0.6) is 0 Å². The van der Waals surface area contributed by atoms with Crippen LogP contribution in [0.3, 0.4) is 0 Å². The molecule has 4 rings (SSSR count). The molecule has 6 nitrogen and oxygen atoms in total. The van der Waals surface area contributed by atoms with Crippen molar-refractivity contribution >= 4 is 33.7 Å². The van der Waals surface area contributed by atoms with Crippen molar-refractivity contribution < 1.29 is 13.9 Å². The number of anilines is 1. The van der Waals surface area contributed by atoms with Crippen molar-refractivity contribution in [3.63, 3.8) is 0 Å². The second-order valence-electron chi connectivity index (χ2n) is 6.03. The van der Waals surface area contributed by atoms with Gasteiger partial charge in [-0.1, -0.05) is 0 Å². The first kappa shape index (κ1) is 18.2. The molecule has 3 heterocycles. The lowest BCUT2D eigenvalue weighted by atomic mass is 10.2. The van der Waals surface area contributed by atoms with E-state index in [1.54, 1.807) is 17.5 Å². The molecule has 1 saturated heterocycles. The van der Waals surface area contributed by atoms with Crippen LogP contribution in [0.2, 0.25) is 0 Å². The Labute approximate surface area is 163 Å². The fourth-order valence-electron chi connectivity index (χ4n) is 2.69. The highest BCUT2D eigenvalue weighted by atomic mass is 32.1. The molecule has 0 aliphatic carbocycles. The number of thiazole rings is 2. The number of aromatic nitrogens is 2. The average molecular weight is 404 g/mol. The predicted octanol–water partition coefficient (Wildman–Crippen LogP) is 3.49. The van der Waals surface area contributed by atoms with Gasteiger partial charge in [0.2, 0.25) is 0 Å². The number of ether oxygens (including phenoxy) is 1. The molecule has 2 aromatic heterocycles. The first-order valence-electron chi connectivity index (χ1n) is 8.45. The number of nitrogens with zero attached hydrogens (tertiary/aromatic N) is 3. The molecule has 1 aliphatic heterocycles. The highest BCUT2D eigenvalue weighted by molar-refractivity contribution is 7.14. The minimum absolute atomic E-state index is 0.299. The van der Waals surface area contributed by atoms with Gasteiger partial charge in [-0.3, -0.25) is 15.0 Å². The van der Waals surface area contributed by atoms with Gasteiger partial charge in [-0.25, -0.2) is 14.4 Å². The van der Waals surface area contributed by atoms with E-state index in [1.807, 2.05) is 5.38 Å². The Morgan fingerprint density at radius 2 is 1.93 bits per heavy atom. The Balaban J connectivity index is 1.38. The first-order chi connectivity index (χ1) is 13.2. The van der Waals surface area contributed by atoms with Crippen LogP contribution < -0.4 is 5.32 Å². The summed E-state index contributed by atoms with van der Waals surface area (Å²) in [6.07, 6.45) is 0. The van der Waals surface area contributed by atoms with Crippen LogP contribution >= 0.6 is 22.7 Å². The second-order valence-corrected chi connectivity index (χ2v) is 7.75. The van der Waals surface area contributed by atoms with Gasteiger partial charge in [0.05, 0.1) is 18.9 Å². The molecule has 0 atom stereocenters. The second kappa shape index (κ2) is 8.22. The van der Waals surface area contributed by atoms with Crippen LogP contribution in [-0.2, 0) is 11.3 Å². The fraction of sp³-hybridized carbons (Fsp3) is 0.278. The molecule has 9 heteroatoms. The van der Waals surface area contributed by atoms with Crippen LogP contribution in [0.4, 0.5) is 9.52 Å². The van der Waals surface area contributed by atoms with Crippen molar-refractivity contribution in [1.29, 1.82) is 0 Å². The van der Waals surface area contributed by atoms with E-state index >= 15 is 0 Å². The van der Waals surface area contributed by atoms with Gasteiger partial charge in [0.25, 0.3) is 5.91 Å². The van der Waals surface area contributed by atoms with Crippen molar-refractivity contribution in [2.24, 2.45) is 0 Å². The van der Waals surface area contributed by atoms with E-state index in [9.17, 15) is 9.18 Å².